The molecule has 0 amide bonds. The van der Waals surface area contributed by atoms with E-state index in [4.69, 9.17) is 11.6 Å². The number of carbonyl (C=O) groups excluding carboxylic acids is 1. The Labute approximate surface area is 116 Å². The number of benzene rings is 2. The summed E-state index contributed by atoms with van der Waals surface area (Å²) in [5, 5.41) is 0.645. The Hall–Kier alpha value is -1.25. The number of hydrogen-bond acceptors (Lipinski definition) is 2. The highest BCUT2D eigenvalue weighted by atomic mass is 35.5. The molecule has 0 radical (unpaired) electrons. The smallest absolute Gasteiger partial charge is 0.151 e. The Bertz CT molecular complexity index is 593. The summed E-state index contributed by atoms with van der Waals surface area (Å²) in [4.78, 5) is 13.0. The topological polar surface area (TPSA) is 17.1 Å². The first kappa shape index (κ1) is 13.2. The summed E-state index contributed by atoms with van der Waals surface area (Å²) in [5.74, 6) is 0. The van der Waals surface area contributed by atoms with Gasteiger partial charge in [0.15, 0.2) is 6.29 Å². The first-order valence-electron chi connectivity index (χ1n) is 5.60. The van der Waals surface area contributed by atoms with E-state index in [-0.39, 0.29) is 0 Å². The van der Waals surface area contributed by atoms with Crippen LogP contribution >= 0.6 is 23.4 Å². The highest BCUT2D eigenvalue weighted by Gasteiger charge is 2.05. The molecule has 0 atom stereocenters. The summed E-state index contributed by atoms with van der Waals surface area (Å²) in [6.45, 7) is 4.16. The van der Waals surface area contributed by atoms with Gasteiger partial charge in [-0.25, -0.2) is 0 Å². The highest BCUT2D eigenvalue weighted by Crippen LogP contribution is 2.32. The van der Waals surface area contributed by atoms with Crippen molar-refractivity contribution in [3.05, 3.63) is 58.1 Å². The molecule has 0 bridgehead atoms. The molecule has 1 nitrogen and oxygen atoms in total. The van der Waals surface area contributed by atoms with E-state index in [9.17, 15) is 4.79 Å². The van der Waals surface area contributed by atoms with Gasteiger partial charge in [-0.2, -0.15) is 0 Å². The minimum absolute atomic E-state index is 0.645. The van der Waals surface area contributed by atoms with Gasteiger partial charge in [-0.05, 0) is 55.3 Å². The van der Waals surface area contributed by atoms with Crippen LogP contribution in [0.4, 0.5) is 0 Å². The standard InChI is InChI=1S/C15H13ClOS/c1-10-3-6-14(7-11(10)2)18-15-8-13(16)5-4-12(15)9-17/h3-9H,1-2H3. The fraction of sp³-hybridized carbons (Fsp3) is 0.133. The summed E-state index contributed by atoms with van der Waals surface area (Å²) in [6, 6.07) is 11.6. The van der Waals surface area contributed by atoms with E-state index in [2.05, 4.69) is 32.0 Å². The molecule has 92 valence electrons. The zero-order valence-electron chi connectivity index (χ0n) is 10.2. The molecule has 0 aromatic heterocycles. The van der Waals surface area contributed by atoms with Crippen molar-refractivity contribution in [2.24, 2.45) is 0 Å². The van der Waals surface area contributed by atoms with E-state index in [1.165, 1.54) is 11.1 Å². The number of rotatable bonds is 3. The van der Waals surface area contributed by atoms with E-state index in [0.29, 0.717) is 10.6 Å². The molecule has 0 unspecified atom stereocenters. The van der Waals surface area contributed by atoms with Crippen molar-refractivity contribution in [2.45, 2.75) is 23.6 Å². The van der Waals surface area contributed by atoms with Gasteiger partial charge in [-0.15, -0.1) is 0 Å². The number of aldehydes is 1. The van der Waals surface area contributed by atoms with Crippen molar-refractivity contribution < 1.29 is 4.79 Å². The third kappa shape index (κ3) is 2.95. The molecule has 0 aliphatic heterocycles. The third-order valence-corrected chi connectivity index (χ3v) is 4.11. The van der Waals surface area contributed by atoms with E-state index in [0.717, 1.165) is 16.1 Å². The van der Waals surface area contributed by atoms with Crippen LogP contribution in [-0.4, -0.2) is 6.29 Å². The maximum absolute atomic E-state index is 11.0. The molecule has 0 aliphatic rings. The molecule has 0 N–H and O–H groups in total. The van der Waals surface area contributed by atoms with Crippen molar-refractivity contribution in [1.29, 1.82) is 0 Å². The molecule has 3 heteroatoms. The maximum Gasteiger partial charge on any atom is 0.151 e. The number of aryl methyl sites for hydroxylation is 2. The molecule has 0 saturated carbocycles. The van der Waals surface area contributed by atoms with Gasteiger partial charge in [0, 0.05) is 20.4 Å². The molecule has 2 aromatic rings. The monoisotopic (exact) mass is 276 g/mol. The van der Waals surface area contributed by atoms with Gasteiger partial charge in [0.05, 0.1) is 0 Å². The van der Waals surface area contributed by atoms with E-state index < -0.39 is 0 Å². The Morgan fingerprint density at radius 2 is 1.83 bits per heavy atom. The van der Waals surface area contributed by atoms with E-state index in [1.54, 1.807) is 23.9 Å². The van der Waals surface area contributed by atoms with E-state index in [1.807, 2.05) is 6.07 Å². The van der Waals surface area contributed by atoms with Crippen LogP contribution < -0.4 is 0 Å². The highest BCUT2D eigenvalue weighted by molar-refractivity contribution is 7.99. The normalized spacial score (nSPS) is 10.4. The number of carbonyl (C=O) groups is 1. The average molecular weight is 277 g/mol. The Balaban J connectivity index is 2.35. The Morgan fingerprint density at radius 1 is 1.06 bits per heavy atom. The molecular formula is C15H13ClOS. The summed E-state index contributed by atoms with van der Waals surface area (Å²) in [5.41, 5.74) is 3.18. The summed E-state index contributed by atoms with van der Waals surface area (Å²) < 4.78 is 0. The van der Waals surface area contributed by atoms with Gasteiger partial charge in [-0.3, -0.25) is 4.79 Å². The lowest BCUT2D eigenvalue weighted by Crippen LogP contribution is -1.86. The number of halogens is 1. The van der Waals surface area contributed by atoms with Crippen LogP contribution in [0.25, 0.3) is 0 Å². The molecule has 0 fully saturated rings. The quantitative estimate of drug-likeness (QED) is 0.740. The predicted molar refractivity (Wildman–Crippen MR) is 76.9 cm³/mol. The Morgan fingerprint density at radius 3 is 2.50 bits per heavy atom. The van der Waals surface area contributed by atoms with Crippen LogP contribution in [-0.2, 0) is 0 Å². The fourth-order valence-corrected chi connectivity index (χ4v) is 2.88. The maximum atomic E-state index is 11.0. The van der Waals surface area contributed by atoms with Crippen molar-refractivity contribution in [2.75, 3.05) is 0 Å². The van der Waals surface area contributed by atoms with Crippen molar-refractivity contribution in [3.8, 4) is 0 Å². The zero-order chi connectivity index (χ0) is 13.1. The fourth-order valence-electron chi connectivity index (χ4n) is 1.60. The lowest BCUT2D eigenvalue weighted by atomic mass is 10.1. The molecule has 18 heavy (non-hydrogen) atoms. The molecule has 0 spiro atoms. The van der Waals surface area contributed by atoms with Gasteiger partial charge >= 0.3 is 0 Å². The number of hydrogen-bond donors (Lipinski definition) is 0. The van der Waals surface area contributed by atoms with Gasteiger partial charge in [0.1, 0.15) is 0 Å². The second-order valence-corrected chi connectivity index (χ2v) is 5.70. The average Bonchev–Trinajstić information content (AvgIpc) is 2.34. The summed E-state index contributed by atoms with van der Waals surface area (Å²) >= 11 is 7.53. The first-order valence-corrected chi connectivity index (χ1v) is 6.79. The van der Waals surface area contributed by atoms with Crippen molar-refractivity contribution in [1.82, 2.24) is 0 Å². The van der Waals surface area contributed by atoms with Crippen LogP contribution in [0.2, 0.25) is 5.02 Å². The van der Waals surface area contributed by atoms with E-state index >= 15 is 0 Å². The summed E-state index contributed by atoms with van der Waals surface area (Å²) in [7, 11) is 0. The molecular weight excluding hydrogens is 264 g/mol. The predicted octanol–water partition coefficient (Wildman–Crippen LogP) is 4.92. The molecule has 2 aromatic carbocycles. The second kappa shape index (κ2) is 5.59. The van der Waals surface area contributed by atoms with Crippen molar-refractivity contribution >= 4 is 29.6 Å². The van der Waals surface area contributed by atoms with Gasteiger partial charge < -0.3 is 0 Å². The third-order valence-electron chi connectivity index (χ3n) is 2.81. The van der Waals surface area contributed by atoms with Crippen LogP contribution in [0.3, 0.4) is 0 Å². The van der Waals surface area contributed by atoms with Crippen molar-refractivity contribution in [3.63, 3.8) is 0 Å². The van der Waals surface area contributed by atoms with Gasteiger partial charge in [0.2, 0.25) is 0 Å². The first-order chi connectivity index (χ1) is 8.60. The lowest BCUT2D eigenvalue weighted by molar-refractivity contribution is 0.112. The molecule has 2 rings (SSSR count). The molecule has 0 aliphatic carbocycles. The summed E-state index contributed by atoms with van der Waals surface area (Å²) in [6.07, 6.45) is 0.861. The Kier molecular flexibility index (Phi) is 4.10. The van der Waals surface area contributed by atoms with Gasteiger partial charge in [0.25, 0.3) is 0 Å². The van der Waals surface area contributed by atoms with Crippen LogP contribution in [0.5, 0.6) is 0 Å². The largest absolute Gasteiger partial charge is 0.298 e. The lowest BCUT2D eigenvalue weighted by Gasteiger charge is -2.07. The molecule has 0 heterocycles. The minimum atomic E-state index is 0.645. The van der Waals surface area contributed by atoms with Gasteiger partial charge in [-0.1, -0.05) is 29.4 Å². The van der Waals surface area contributed by atoms with Crippen LogP contribution in [0, 0.1) is 13.8 Å². The van der Waals surface area contributed by atoms with Crippen LogP contribution in [0.15, 0.2) is 46.2 Å². The SMILES string of the molecule is Cc1ccc(Sc2cc(Cl)ccc2C=O)cc1C. The molecule has 0 saturated heterocycles. The minimum Gasteiger partial charge on any atom is -0.298 e. The zero-order valence-corrected chi connectivity index (χ0v) is 11.8. The second-order valence-electron chi connectivity index (χ2n) is 4.15. The van der Waals surface area contributed by atoms with Crippen LogP contribution in [0.1, 0.15) is 21.5 Å².